The van der Waals surface area contributed by atoms with Crippen molar-refractivity contribution in [1.29, 1.82) is 0 Å². The van der Waals surface area contributed by atoms with Gasteiger partial charge in [-0.15, -0.1) is 0 Å². The number of hydrogen-bond acceptors (Lipinski definition) is 3. The number of anilines is 1. The van der Waals surface area contributed by atoms with Crippen LogP contribution in [0, 0.1) is 0 Å². The smallest absolute Gasteiger partial charge is 0.312 e. The second-order valence-electron chi connectivity index (χ2n) is 6.25. The van der Waals surface area contributed by atoms with Crippen molar-refractivity contribution < 1.29 is 14.4 Å². The van der Waals surface area contributed by atoms with Crippen LogP contribution < -0.4 is 4.90 Å². The van der Waals surface area contributed by atoms with Crippen molar-refractivity contribution >= 4 is 23.5 Å². The molecule has 122 valence electrons. The van der Waals surface area contributed by atoms with Crippen LogP contribution in [0.4, 0.5) is 10.5 Å². The Morgan fingerprint density at radius 2 is 1.96 bits per heavy atom. The number of nitrogens with zero attached hydrogens (tertiary/aromatic N) is 3. The lowest BCUT2D eigenvalue weighted by atomic mass is 10.2. The standard InChI is InChI=1S/C17H21N3O3/c1-12(2)20(13-7-4-3-5-8-13)15(21)11-19-16(22)14-9-6-10-18(14)17(19)23/h3-5,7-8,12,14H,6,9-11H2,1-2H3. The molecule has 4 amide bonds. The van der Waals surface area contributed by atoms with E-state index < -0.39 is 0 Å². The van der Waals surface area contributed by atoms with E-state index in [0.717, 1.165) is 17.0 Å². The van der Waals surface area contributed by atoms with Gasteiger partial charge in [-0.3, -0.25) is 14.5 Å². The lowest BCUT2D eigenvalue weighted by Crippen LogP contribution is -2.46. The molecule has 0 aromatic heterocycles. The van der Waals surface area contributed by atoms with Crippen molar-refractivity contribution in [3.05, 3.63) is 30.3 Å². The van der Waals surface area contributed by atoms with Crippen molar-refractivity contribution in [3.8, 4) is 0 Å². The summed E-state index contributed by atoms with van der Waals surface area (Å²) in [5.41, 5.74) is 0.770. The van der Waals surface area contributed by atoms with Crippen molar-refractivity contribution in [1.82, 2.24) is 9.80 Å². The molecular weight excluding hydrogens is 294 g/mol. The number of benzene rings is 1. The van der Waals surface area contributed by atoms with Crippen LogP contribution in [0.25, 0.3) is 0 Å². The molecule has 0 N–H and O–H groups in total. The molecule has 6 heteroatoms. The van der Waals surface area contributed by atoms with Gasteiger partial charge >= 0.3 is 6.03 Å². The third-order valence-corrected chi connectivity index (χ3v) is 4.39. The summed E-state index contributed by atoms with van der Waals surface area (Å²) in [5.74, 6) is -0.480. The third-order valence-electron chi connectivity index (χ3n) is 4.39. The molecule has 0 radical (unpaired) electrons. The van der Waals surface area contributed by atoms with Crippen LogP contribution in [0.5, 0.6) is 0 Å². The molecule has 2 saturated heterocycles. The number of hydrogen-bond donors (Lipinski definition) is 0. The minimum atomic E-state index is -0.362. The number of imide groups is 1. The SMILES string of the molecule is CC(C)N(C(=O)CN1C(=O)C2CCCN2C1=O)c1ccccc1. The molecule has 1 atom stereocenters. The van der Waals surface area contributed by atoms with Crippen molar-refractivity contribution in [2.24, 2.45) is 0 Å². The van der Waals surface area contributed by atoms with E-state index in [2.05, 4.69) is 0 Å². The Bertz CT molecular complexity index is 607. The van der Waals surface area contributed by atoms with Crippen molar-refractivity contribution in [3.63, 3.8) is 0 Å². The molecule has 2 aliphatic heterocycles. The summed E-state index contributed by atoms with van der Waals surface area (Å²) < 4.78 is 0. The fraction of sp³-hybridized carbons (Fsp3) is 0.471. The zero-order valence-electron chi connectivity index (χ0n) is 13.4. The first kappa shape index (κ1) is 15.5. The van der Waals surface area contributed by atoms with Gasteiger partial charge in [-0.25, -0.2) is 4.79 Å². The fourth-order valence-corrected chi connectivity index (χ4v) is 3.36. The van der Waals surface area contributed by atoms with E-state index in [1.54, 1.807) is 9.80 Å². The number of rotatable bonds is 4. The maximum Gasteiger partial charge on any atom is 0.327 e. The highest BCUT2D eigenvalue weighted by Crippen LogP contribution is 2.27. The van der Waals surface area contributed by atoms with E-state index in [-0.39, 0.29) is 36.5 Å². The van der Waals surface area contributed by atoms with Crippen LogP contribution in [0.3, 0.4) is 0 Å². The summed E-state index contributed by atoms with van der Waals surface area (Å²) in [6.07, 6.45) is 1.55. The predicted molar refractivity (Wildman–Crippen MR) is 85.9 cm³/mol. The maximum absolute atomic E-state index is 12.7. The third kappa shape index (κ3) is 2.69. The average Bonchev–Trinajstić information content (AvgIpc) is 3.08. The van der Waals surface area contributed by atoms with Crippen LogP contribution in [-0.4, -0.2) is 52.8 Å². The summed E-state index contributed by atoms with van der Waals surface area (Å²) in [4.78, 5) is 41.7. The highest BCUT2D eigenvalue weighted by Gasteiger charge is 2.48. The van der Waals surface area contributed by atoms with Gasteiger partial charge in [0.2, 0.25) is 5.91 Å². The Kier molecular flexibility index (Phi) is 4.07. The molecule has 6 nitrogen and oxygen atoms in total. The van der Waals surface area contributed by atoms with Gasteiger partial charge in [0, 0.05) is 18.3 Å². The van der Waals surface area contributed by atoms with Gasteiger partial charge in [0.25, 0.3) is 5.91 Å². The van der Waals surface area contributed by atoms with E-state index in [1.807, 2.05) is 44.2 Å². The summed E-state index contributed by atoms with van der Waals surface area (Å²) in [6, 6.07) is 8.56. The van der Waals surface area contributed by atoms with E-state index >= 15 is 0 Å². The number of urea groups is 1. The monoisotopic (exact) mass is 315 g/mol. The summed E-state index contributed by atoms with van der Waals surface area (Å²) in [5, 5.41) is 0. The first-order chi connectivity index (χ1) is 11.0. The predicted octanol–water partition coefficient (Wildman–Crippen LogP) is 1.85. The minimum absolute atomic E-state index is 0.0579. The molecule has 3 rings (SSSR count). The van der Waals surface area contributed by atoms with Crippen LogP contribution in [0.15, 0.2) is 30.3 Å². The molecule has 0 aliphatic carbocycles. The van der Waals surface area contributed by atoms with Crippen LogP contribution >= 0.6 is 0 Å². The summed E-state index contributed by atoms with van der Waals surface area (Å²) in [6.45, 7) is 4.23. The molecule has 1 aromatic rings. The van der Waals surface area contributed by atoms with Crippen molar-refractivity contribution in [2.45, 2.75) is 38.8 Å². The molecule has 23 heavy (non-hydrogen) atoms. The fourth-order valence-electron chi connectivity index (χ4n) is 3.36. The Hall–Kier alpha value is -2.37. The first-order valence-electron chi connectivity index (χ1n) is 8.00. The van der Waals surface area contributed by atoms with Gasteiger partial charge in [-0.1, -0.05) is 18.2 Å². The van der Waals surface area contributed by atoms with Gasteiger partial charge < -0.3 is 9.80 Å². The number of carbonyl (C=O) groups excluding carboxylic acids is 3. The number of amides is 4. The largest absolute Gasteiger partial charge is 0.327 e. The second kappa shape index (κ2) is 6.02. The van der Waals surface area contributed by atoms with Gasteiger partial charge in [0.05, 0.1) is 0 Å². The molecule has 0 saturated carbocycles. The lowest BCUT2D eigenvalue weighted by Gasteiger charge is -2.28. The Morgan fingerprint density at radius 3 is 2.57 bits per heavy atom. The zero-order chi connectivity index (χ0) is 16.6. The zero-order valence-corrected chi connectivity index (χ0v) is 13.4. The molecule has 1 aromatic carbocycles. The van der Waals surface area contributed by atoms with Crippen LogP contribution in [0.1, 0.15) is 26.7 Å². The molecule has 2 heterocycles. The molecule has 2 fully saturated rings. The first-order valence-corrected chi connectivity index (χ1v) is 8.00. The highest BCUT2D eigenvalue weighted by atomic mass is 16.2. The topological polar surface area (TPSA) is 60.9 Å². The van der Waals surface area contributed by atoms with Crippen LogP contribution in [-0.2, 0) is 9.59 Å². The van der Waals surface area contributed by atoms with E-state index in [9.17, 15) is 14.4 Å². The van der Waals surface area contributed by atoms with Gasteiger partial charge in [0.15, 0.2) is 0 Å². The second-order valence-corrected chi connectivity index (χ2v) is 6.25. The number of para-hydroxylation sites is 1. The Balaban J connectivity index is 1.77. The summed E-state index contributed by atoms with van der Waals surface area (Å²) in [7, 11) is 0. The van der Waals surface area contributed by atoms with Gasteiger partial charge in [-0.2, -0.15) is 0 Å². The normalized spacial score (nSPS) is 20.4. The lowest BCUT2D eigenvalue weighted by molar-refractivity contribution is -0.131. The number of carbonyl (C=O) groups is 3. The van der Waals surface area contributed by atoms with E-state index in [1.165, 1.54) is 0 Å². The Labute approximate surface area is 135 Å². The Morgan fingerprint density at radius 1 is 1.26 bits per heavy atom. The molecule has 2 aliphatic rings. The quantitative estimate of drug-likeness (QED) is 0.797. The molecule has 1 unspecified atom stereocenters. The average molecular weight is 315 g/mol. The molecular formula is C17H21N3O3. The number of fused-ring (bicyclic) bond motifs is 1. The minimum Gasteiger partial charge on any atom is -0.312 e. The van der Waals surface area contributed by atoms with E-state index in [0.29, 0.717) is 13.0 Å². The van der Waals surface area contributed by atoms with Crippen LogP contribution in [0.2, 0.25) is 0 Å². The van der Waals surface area contributed by atoms with Crippen molar-refractivity contribution in [2.75, 3.05) is 18.0 Å². The van der Waals surface area contributed by atoms with Gasteiger partial charge in [-0.05, 0) is 38.8 Å². The molecule has 0 spiro atoms. The van der Waals surface area contributed by atoms with Gasteiger partial charge in [0.1, 0.15) is 12.6 Å². The maximum atomic E-state index is 12.7. The summed E-state index contributed by atoms with van der Waals surface area (Å²) >= 11 is 0. The van der Waals surface area contributed by atoms with E-state index in [4.69, 9.17) is 0 Å². The molecule has 0 bridgehead atoms. The highest BCUT2D eigenvalue weighted by molar-refractivity contribution is 6.08.